The summed E-state index contributed by atoms with van der Waals surface area (Å²) in [5, 5.41) is 0. The van der Waals surface area contributed by atoms with Gasteiger partial charge >= 0.3 is 12.4 Å². The topological polar surface area (TPSA) is 46.6 Å². The summed E-state index contributed by atoms with van der Waals surface area (Å²) in [4.78, 5) is 24.8. The lowest BCUT2D eigenvalue weighted by atomic mass is 10.1. The van der Waals surface area contributed by atoms with Crippen LogP contribution in [0.3, 0.4) is 0 Å². The van der Waals surface area contributed by atoms with E-state index >= 15 is 0 Å². The van der Waals surface area contributed by atoms with Crippen molar-refractivity contribution in [3.63, 3.8) is 0 Å². The van der Waals surface area contributed by atoms with Crippen LogP contribution in [0, 0.1) is 0 Å². The van der Waals surface area contributed by atoms with Crippen molar-refractivity contribution in [1.82, 2.24) is 0 Å². The van der Waals surface area contributed by atoms with Crippen molar-refractivity contribution in [2.24, 2.45) is 0 Å². The van der Waals surface area contributed by atoms with Crippen molar-refractivity contribution in [3.05, 3.63) is 65.2 Å². The van der Waals surface area contributed by atoms with Crippen molar-refractivity contribution in [1.29, 1.82) is 0 Å². The Morgan fingerprint density at radius 1 is 0.828 bits per heavy atom. The first kappa shape index (κ1) is 20.4. The van der Waals surface area contributed by atoms with Crippen LogP contribution in [0.4, 0.5) is 32.0 Å². The average Bonchev–Trinajstić information content (AvgIpc) is 2.86. The minimum Gasteiger partial charge on any atom is -0.455 e. The fourth-order valence-corrected chi connectivity index (χ4v) is 2.61. The minimum atomic E-state index is -4.75. The van der Waals surface area contributed by atoms with E-state index in [-0.39, 0.29) is 17.1 Å². The maximum atomic E-state index is 13.1. The number of rotatable bonds is 3. The molecule has 0 aromatic heterocycles. The molecule has 0 saturated carbocycles. The standard InChI is InChI=1S/C19H11F6NO3/c1-10-8-16(27)26(17(10)28)14-9-12(19(23,24)25)4-7-15(14)29-13-5-2-11(3-6-13)18(20,21)22/h2-9H,1H3. The third-order valence-corrected chi connectivity index (χ3v) is 4.04. The van der Waals surface area contributed by atoms with Gasteiger partial charge in [-0.05, 0) is 49.4 Å². The van der Waals surface area contributed by atoms with E-state index in [1.807, 2.05) is 0 Å². The first-order valence-corrected chi connectivity index (χ1v) is 8.01. The van der Waals surface area contributed by atoms with Crippen LogP contribution in [-0.4, -0.2) is 11.8 Å². The van der Waals surface area contributed by atoms with Crippen molar-refractivity contribution < 1.29 is 40.7 Å². The van der Waals surface area contributed by atoms with Gasteiger partial charge in [-0.15, -0.1) is 0 Å². The zero-order valence-electron chi connectivity index (χ0n) is 14.6. The van der Waals surface area contributed by atoms with E-state index in [1.54, 1.807) is 0 Å². The highest BCUT2D eigenvalue weighted by Gasteiger charge is 2.36. The van der Waals surface area contributed by atoms with Gasteiger partial charge in [0.25, 0.3) is 11.8 Å². The van der Waals surface area contributed by atoms with Gasteiger partial charge in [-0.2, -0.15) is 26.3 Å². The second-order valence-electron chi connectivity index (χ2n) is 6.11. The second kappa shape index (κ2) is 6.94. The largest absolute Gasteiger partial charge is 0.455 e. The molecule has 0 atom stereocenters. The molecule has 0 radical (unpaired) electrons. The lowest BCUT2D eigenvalue weighted by Gasteiger charge is -2.20. The number of carbonyl (C=O) groups excluding carboxylic acids is 2. The Hall–Kier alpha value is -3.30. The van der Waals surface area contributed by atoms with Crippen LogP contribution in [0.1, 0.15) is 18.1 Å². The summed E-state index contributed by atoms with van der Waals surface area (Å²) >= 11 is 0. The number of hydrogen-bond acceptors (Lipinski definition) is 3. The van der Waals surface area contributed by atoms with Gasteiger partial charge in [0, 0.05) is 11.6 Å². The molecule has 10 heteroatoms. The van der Waals surface area contributed by atoms with Crippen LogP contribution >= 0.6 is 0 Å². The van der Waals surface area contributed by atoms with E-state index in [0.717, 1.165) is 36.4 Å². The number of nitrogens with zero attached hydrogens (tertiary/aromatic N) is 1. The Morgan fingerprint density at radius 3 is 1.86 bits per heavy atom. The predicted octanol–water partition coefficient (Wildman–Crippen LogP) is 5.34. The summed E-state index contributed by atoms with van der Waals surface area (Å²) in [5.74, 6) is -2.11. The van der Waals surface area contributed by atoms with Crippen LogP contribution < -0.4 is 9.64 Å². The number of anilines is 1. The number of hydrogen-bond donors (Lipinski definition) is 0. The van der Waals surface area contributed by atoms with Crippen LogP contribution in [-0.2, 0) is 21.9 Å². The van der Waals surface area contributed by atoms with Crippen LogP contribution in [0.15, 0.2) is 54.1 Å². The summed E-state index contributed by atoms with van der Waals surface area (Å²) in [6.07, 6.45) is -8.37. The monoisotopic (exact) mass is 415 g/mol. The molecule has 0 spiro atoms. The lowest BCUT2D eigenvalue weighted by Crippen LogP contribution is -2.31. The molecule has 0 unspecified atom stereocenters. The van der Waals surface area contributed by atoms with Gasteiger partial charge in [-0.1, -0.05) is 0 Å². The Bertz CT molecular complexity index is 1010. The van der Waals surface area contributed by atoms with E-state index in [2.05, 4.69) is 0 Å². The molecule has 0 fully saturated rings. The van der Waals surface area contributed by atoms with Crippen molar-refractivity contribution in [2.75, 3.05) is 4.90 Å². The van der Waals surface area contributed by atoms with Crippen LogP contribution in [0.2, 0.25) is 0 Å². The third kappa shape index (κ3) is 4.10. The Morgan fingerprint density at radius 2 is 1.38 bits per heavy atom. The van der Waals surface area contributed by atoms with Crippen LogP contribution in [0.25, 0.3) is 0 Å². The molecule has 1 aliphatic rings. The molecule has 152 valence electrons. The molecule has 1 heterocycles. The number of carbonyl (C=O) groups is 2. The van der Waals surface area contributed by atoms with E-state index in [1.165, 1.54) is 6.92 Å². The third-order valence-electron chi connectivity index (χ3n) is 4.04. The van der Waals surface area contributed by atoms with E-state index in [0.29, 0.717) is 17.0 Å². The molecule has 2 aromatic carbocycles. The summed E-state index contributed by atoms with van der Waals surface area (Å²) < 4.78 is 82.6. The highest BCUT2D eigenvalue weighted by Crippen LogP contribution is 2.40. The van der Waals surface area contributed by atoms with Gasteiger partial charge in [-0.3, -0.25) is 9.59 Å². The molecule has 3 rings (SSSR count). The van der Waals surface area contributed by atoms with Gasteiger partial charge in [0.15, 0.2) is 5.75 Å². The fraction of sp³-hybridized carbons (Fsp3) is 0.158. The van der Waals surface area contributed by atoms with Gasteiger partial charge in [0.1, 0.15) is 5.75 Å². The Balaban J connectivity index is 2.02. The number of imide groups is 1. The van der Waals surface area contributed by atoms with E-state index < -0.39 is 41.0 Å². The first-order valence-electron chi connectivity index (χ1n) is 8.01. The summed E-state index contributed by atoms with van der Waals surface area (Å²) in [6.45, 7) is 1.32. The quantitative estimate of drug-likeness (QED) is 0.503. The molecule has 0 saturated heterocycles. The average molecular weight is 415 g/mol. The minimum absolute atomic E-state index is 0.0212. The van der Waals surface area contributed by atoms with Gasteiger partial charge in [0.2, 0.25) is 0 Å². The Labute approximate surface area is 160 Å². The summed E-state index contributed by atoms with van der Waals surface area (Å²) in [7, 11) is 0. The number of ether oxygens (including phenoxy) is 1. The molecular weight excluding hydrogens is 404 g/mol. The number of amides is 2. The smallest absolute Gasteiger partial charge is 0.416 e. The van der Waals surface area contributed by atoms with Crippen LogP contribution in [0.5, 0.6) is 11.5 Å². The molecular formula is C19H11F6NO3. The first-order chi connectivity index (χ1) is 13.4. The number of alkyl halides is 6. The van der Waals surface area contributed by atoms with Gasteiger partial charge in [0.05, 0.1) is 16.8 Å². The summed E-state index contributed by atoms with van der Waals surface area (Å²) in [5.41, 5.74) is -2.52. The molecule has 2 aromatic rings. The van der Waals surface area contributed by atoms with Crippen molar-refractivity contribution in [3.8, 4) is 11.5 Å². The molecule has 0 bridgehead atoms. The molecule has 1 aliphatic heterocycles. The van der Waals surface area contributed by atoms with E-state index in [4.69, 9.17) is 4.74 Å². The second-order valence-corrected chi connectivity index (χ2v) is 6.11. The molecule has 0 aliphatic carbocycles. The lowest BCUT2D eigenvalue weighted by molar-refractivity contribution is -0.138. The molecule has 29 heavy (non-hydrogen) atoms. The number of benzene rings is 2. The van der Waals surface area contributed by atoms with Gasteiger partial charge < -0.3 is 4.74 Å². The highest BCUT2D eigenvalue weighted by molar-refractivity contribution is 6.30. The zero-order valence-corrected chi connectivity index (χ0v) is 14.6. The maximum Gasteiger partial charge on any atom is 0.416 e. The number of halogens is 6. The highest BCUT2D eigenvalue weighted by atomic mass is 19.4. The molecule has 4 nitrogen and oxygen atoms in total. The fourth-order valence-electron chi connectivity index (χ4n) is 2.61. The SMILES string of the molecule is CC1=CC(=O)N(c2cc(C(F)(F)F)ccc2Oc2ccc(C(F)(F)F)cc2)C1=O. The van der Waals surface area contributed by atoms with Gasteiger partial charge in [-0.25, -0.2) is 4.90 Å². The zero-order chi connectivity index (χ0) is 21.6. The normalized spacial score (nSPS) is 15.0. The summed E-state index contributed by atoms with van der Waals surface area (Å²) in [6, 6.07) is 5.55. The molecule has 2 amide bonds. The van der Waals surface area contributed by atoms with E-state index in [9.17, 15) is 35.9 Å². The van der Waals surface area contributed by atoms with Crippen molar-refractivity contribution >= 4 is 17.5 Å². The maximum absolute atomic E-state index is 13.1. The Kier molecular flexibility index (Phi) is 4.89. The van der Waals surface area contributed by atoms with Crippen molar-refractivity contribution in [2.45, 2.75) is 19.3 Å². The predicted molar refractivity (Wildman–Crippen MR) is 89.2 cm³/mol. The molecule has 0 N–H and O–H groups in total.